The molecule has 1 atom stereocenters. The number of hydrogen-bond donors (Lipinski definition) is 1. The van der Waals surface area contributed by atoms with Crippen molar-refractivity contribution in [2.75, 3.05) is 24.7 Å². The fraction of sp³-hybridized carbons (Fsp3) is 0.231. The van der Waals surface area contributed by atoms with Crippen LogP contribution in [0.25, 0.3) is 0 Å². The first-order valence-electron chi connectivity index (χ1n) is 11.1. The Kier molecular flexibility index (Phi) is 7.77. The summed E-state index contributed by atoms with van der Waals surface area (Å²) in [4.78, 5) is 28.9. The van der Waals surface area contributed by atoms with E-state index in [1.807, 2.05) is 19.1 Å². The molecule has 2 amide bonds. The summed E-state index contributed by atoms with van der Waals surface area (Å²) in [6.07, 6.45) is 0.699. The standard InChI is InChI=1S/C26H25ClN2O4S/c1-2-33-15-5-14-28-25(30)19-10-13-24-22(16-19)29(17-18-8-11-20(27)12-9-18)26(31)21-6-3-4-7-23(21)34(24)32/h3-4,6-13,16H,2,5,14-15,17H2,1H3,(H,28,30)/t34-/m0/s1. The van der Waals surface area contributed by atoms with Crippen LogP contribution in [0.1, 0.15) is 39.6 Å². The van der Waals surface area contributed by atoms with Gasteiger partial charge in [0, 0.05) is 30.3 Å². The molecule has 176 valence electrons. The maximum Gasteiger partial charge on any atom is 0.259 e. The number of benzene rings is 3. The molecule has 0 saturated carbocycles. The zero-order valence-electron chi connectivity index (χ0n) is 18.8. The maximum absolute atomic E-state index is 13.6. The molecule has 0 unspecified atom stereocenters. The van der Waals surface area contributed by atoms with Crippen LogP contribution in [0.5, 0.6) is 0 Å². The minimum Gasteiger partial charge on any atom is -0.382 e. The van der Waals surface area contributed by atoms with E-state index in [2.05, 4.69) is 5.32 Å². The van der Waals surface area contributed by atoms with Crippen LogP contribution in [0.3, 0.4) is 0 Å². The van der Waals surface area contributed by atoms with E-state index in [4.69, 9.17) is 16.3 Å². The molecule has 1 N–H and O–H groups in total. The number of rotatable bonds is 8. The lowest BCUT2D eigenvalue weighted by Crippen LogP contribution is -2.31. The number of nitrogens with zero attached hydrogens (tertiary/aromatic N) is 1. The second-order valence-electron chi connectivity index (χ2n) is 7.77. The first kappa shape index (κ1) is 24.1. The minimum absolute atomic E-state index is 0.244. The highest BCUT2D eigenvalue weighted by Gasteiger charge is 2.31. The van der Waals surface area contributed by atoms with E-state index >= 15 is 0 Å². The highest BCUT2D eigenvalue weighted by molar-refractivity contribution is 7.85. The molecule has 0 aliphatic carbocycles. The normalized spacial score (nSPS) is 14.8. The summed E-state index contributed by atoms with van der Waals surface area (Å²) in [6.45, 7) is 3.85. The Balaban J connectivity index is 1.70. The number of halogens is 1. The van der Waals surface area contributed by atoms with Gasteiger partial charge in [-0.05, 0) is 61.4 Å². The number of nitrogens with one attached hydrogen (secondary N) is 1. The maximum atomic E-state index is 13.6. The van der Waals surface area contributed by atoms with E-state index in [0.29, 0.717) is 57.8 Å². The fourth-order valence-electron chi connectivity index (χ4n) is 3.76. The number of ether oxygens (including phenoxy) is 1. The first-order chi connectivity index (χ1) is 16.5. The van der Waals surface area contributed by atoms with Crippen molar-refractivity contribution in [1.29, 1.82) is 0 Å². The summed E-state index contributed by atoms with van der Waals surface area (Å²) in [5, 5.41) is 3.48. The molecule has 4 rings (SSSR count). The molecule has 0 bridgehead atoms. The van der Waals surface area contributed by atoms with E-state index in [9.17, 15) is 13.8 Å². The second-order valence-corrected chi connectivity index (χ2v) is 9.63. The molecule has 6 nitrogen and oxygen atoms in total. The lowest BCUT2D eigenvalue weighted by molar-refractivity contribution is 0.0941. The van der Waals surface area contributed by atoms with Crippen LogP contribution < -0.4 is 10.2 Å². The second kappa shape index (κ2) is 11.0. The summed E-state index contributed by atoms with van der Waals surface area (Å²) in [7, 11) is -1.57. The number of anilines is 1. The largest absolute Gasteiger partial charge is 0.382 e. The van der Waals surface area contributed by atoms with Gasteiger partial charge in [-0.3, -0.25) is 9.59 Å². The van der Waals surface area contributed by atoms with Gasteiger partial charge in [0.25, 0.3) is 11.8 Å². The molecule has 0 fully saturated rings. The van der Waals surface area contributed by atoms with E-state index in [1.54, 1.807) is 59.5 Å². The van der Waals surface area contributed by atoms with E-state index in [1.165, 1.54) is 0 Å². The van der Waals surface area contributed by atoms with Crippen molar-refractivity contribution in [1.82, 2.24) is 5.32 Å². The molecule has 8 heteroatoms. The highest BCUT2D eigenvalue weighted by Crippen LogP contribution is 2.36. The lowest BCUT2D eigenvalue weighted by atomic mass is 10.1. The first-order valence-corrected chi connectivity index (χ1v) is 12.6. The summed E-state index contributed by atoms with van der Waals surface area (Å²) >= 11 is 6.03. The quantitative estimate of drug-likeness (QED) is 0.453. The van der Waals surface area contributed by atoms with Crippen LogP contribution in [0.2, 0.25) is 5.02 Å². The molecule has 0 spiro atoms. The number of fused-ring (bicyclic) bond motifs is 2. The molecular formula is C26H25ClN2O4S. The third-order valence-corrected chi connectivity index (χ3v) is 7.24. The number of carbonyl (C=O) groups excluding carboxylic acids is 2. The Hall–Kier alpha value is -3.00. The van der Waals surface area contributed by atoms with Gasteiger partial charge >= 0.3 is 0 Å². The SMILES string of the molecule is CCOCCCNC(=O)c1ccc2c(c1)N(Cc1ccc(Cl)cc1)C(=O)c1ccccc1[S@@]2=O. The zero-order valence-corrected chi connectivity index (χ0v) is 20.3. The van der Waals surface area contributed by atoms with E-state index in [-0.39, 0.29) is 18.4 Å². The topological polar surface area (TPSA) is 75.7 Å². The van der Waals surface area contributed by atoms with Crippen LogP contribution in [0.4, 0.5) is 5.69 Å². The van der Waals surface area contributed by atoms with Crippen molar-refractivity contribution >= 4 is 39.9 Å². The average Bonchev–Trinajstić information content (AvgIpc) is 2.94. The Morgan fingerprint density at radius 3 is 2.59 bits per heavy atom. The predicted molar refractivity (Wildman–Crippen MR) is 133 cm³/mol. The smallest absolute Gasteiger partial charge is 0.259 e. The molecule has 1 aliphatic heterocycles. The molecule has 34 heavy (non-hydrogen) atoms. The van der Waals surface area contributed by atoms with Crippen molar-refractivity contribution in [3.8, 4) is 0 Å². The third kappa shape index (κ3) is 5.22. The van der Waals surface area contributed by atoms with Gasteiger partial charge in [0.05, 0.1) is 38.4 Å². The molecule has 0 aromatic heterocycles. The number of amides is 2. The van der Waals surface area contributed by atoms with Gasteiger partial charge in [-0.15, -0.1) is 0 Å². The Morgan fingerprint density at radius 2 is 1.82 bits per heavy atom. The fourth-order valence-corrected chi connectivity index (χ4v) is 5.23. The van der Waals surface area contributed by atoms with Crippen molar-refractivity contribution < 1.29 is 18.5 Å². The van der Waals surface area contributed by atoms with Gasteiger partial charge in [-0.25, -0.2) is 4.21 Å². The van der Waals surface area contributed by atoms with Gasteiger partial charge in [0.15, 0.2) is 0 Å². The zero-order chi connectivity index (χ0) is 24.1. The molecule has 3 aromatic carbocycles. The van der Waals surface area contributed by atoms with Crippen LogP contribution in [0, 0.1) is 0 Å². The Labute approximate surface area is 206 Å². The summed E-state index contributed by atoms with van der Waals surface area (Å²) in [5.74, 6) is -0.530. The monoisotopic (exact) mass is 496 g/mol. The molecular weight excluding hydrogens is 472 g/mol. The van der Waals surface area contributed by atoms with E-state index in [0.717, 1.165) is 5.56 Å². The van der Waals surface area contributed by atoms with Gasteiger partial charge in [-0.1, -0.05) is 35.9 Å². The van der Waals surface area contributed by atoms with Crippen molar-refractivity contribution in [3.05, 3.63) is 88.4 Å². The minimum atomic E-state index is -1.57. The third-order valence-electron chi connectivity index (χ3n) is 5.48. The lowest BCUT2D eigenvalue weighted by Gasteiger charge is -2.23. The van der Waals surface area contributed by atoms with Crippen LogP contribution >= 0.6 is 11.6 Å². The van der Waals surface area contributed by atoms with Gasteiger partial charge in [0.2, 0.25) is 0 Å². The van der Waals surface area contributed by atoms with Gasteiger partial charge < -0.3 is 15.0 Å². The molecule has 0 radical (unpaired) electrons. The van der Waals surface area contributed by atoms with Crippen molar-refractivity contribution in [3.63, 3.8) is 0 Å². The van der Waals surface area contributed by atoms with E-state index < -0.39 is 10.8 Å². The van der Waals surface area contributed by atoms with Crippen LogP contribution in [-0.2, 0) is 22.1 Å². The highest BCUT2D eigenvalue weighted by atomic mass is 35.5. The van der Waals surface area contributed by atoms with Gasteiger partial charge in [0.1, 0.15) is 0 Å². The predicted octanol–water partition coefficient (Wildman–Crippen LogP) is 4.82. The summed E-state index contributed by atoms with van der Waals surface area (Å²) in [6, 6.07) is 19.1. The van der Waals surface area contributed by atoms with Crippen molar-refractivity contribution in [2.24, 2.45) is 0 Å². The van der Waals surface area contributed by atoms with Crippen molar-refractivity contribution in [2.45, 2.75) is 29.7 Å². The summed E-state index contributed by atoms with van der Waals surface area (Å²) in [5.41, 5.74) is 2.09. The Bertz CT molecular complexity index is 1230. The van der Waals surface area contributed by atoms with Crippen LogP contribution in [-0.4, -0.2) is 35.8 Å². The average molecular weight is 497 g/mol. The molecule has 1 aliphatic rings. The van der Waals surface area contributed by atoms with Gasteiger partial charge in [-0.2, -0.15) is 0 Å². The molecule has 3 aromatic rings. The Morgan fingerprint density at radius 1 is 1.06 bits per heavy atom. The van der Waals surface area contributed by atoms with Crippen LogP contribution in [0.15, 0.2) is 76.5 Å². The number of carbonyl (C=O) groups is 2. The molecule has 1 heterocycles. The molecule has 0 saturated heterocycles. The summed E-state index contributed by atoms with van der Waals surface area (Å²) < 4.78 is 18.8. The number of hydrogen-bond acceptors (Lipinski definition) is 4.